The molecule has 0 unspecified atom stereocenters. The fourth-order valence-electron chi connectivity index (χ4n) is 1.75. The third-order valence-electron chi connectivity index (χ3n) is 2.78. The number of hydrogen-bond acceptors (Lipinski definition) is 4. The predicted molar refractivity (Wildman–Crippen MR) is 75.0 cm³/mol. The van der Waals surface area contributed by atoms with Crippen molar-refractivity contribution in [2.75, 3.05) is 20.6 Å². The van der Waals surface area contributed by atoms with Gasteiger partial charge in [0.05, 0.1) is 0 Å². The van der Waals surface area contributed by atoms with E-state index in [0.717, 1.165) is 0 Å². The Morgan fingerprint density at radius 3 is 2.74 bits per heavy atom. The third-order valence-corrected chi connectivity index (χ3v) is 3.02. The molecule has 0 fully saturated rings. The molecular formula is C14H14ClNO3. The molecule has 2 aromatic rings. The molecule has 0 aliphatic rings. The Hall–Kier alpha value is -1.65. The molecule has 0 amide bonds. The third kappa shape index (κ3) is 3.22. The highest BCUT2D eigenvalue weighted by atomic mass is 35.5. The summed E-state index contributed by atoms with van der Waals surface area (Å²) in [6.45, 7) is 0.589. The van der Waals surface area contributed by atoms with Crippen LogP contribution in [0, 0.1) is 0 Å². The van der Waals surface area contributed by atoms with Crippen molar-refractivity contribution in [3.05, 3.63) is 45.3 Å². The topological polar surface area (TPSA) is 50.5 Å². The minimum absolute atomic E-state index is 0.0802. The Bertz CT molecular complexity index is 676. The lowest BCUT2D eigenvalue weighted by molar-refractivity contribution is 0.0969. The van der Waals surface area contributed by atoms with Gasteiger partial charge in [0, 0.05) is 23.4 Å². The average molecular weight is 280 g/mol. The van der Waals surface area contributed by atoms with Crippen LogP contribution in [0.2, 0.25) is 5.02 Å². The van der Waals surface area contributed by atoms with Gasteiger partial charge in [-0.3, -0.25) is 4.79 Å². The molecule has 1 heterocycles. The van der Waals surface area contributed by atoms with E-state index in [0.29, 0.717) is 22.5 Å². The van der Waals surface area contributed by atoms with Gasteiger partial charge in [-0.05, 0) is 38.4 Å². The van der Waals surface area contributed by atoms with Gasteiger partial charge in [0.1, 0.15) is 11.1 Å². The summed E-state index contributed by atoms with van der Waals surface area (Å²) in [7, 11) is 3.74. The second-order valence-corrected chi connectivity index (χ2v) is 5.04. The summed E-state index contributed by atoms with van der Waals surface area (Å²) in [5, 5.41) is 1.19. The van der Waals surface area contributed by atoms with Crippen molar-refractivity contribution in [2.45, 2.75) is 6.42 Å². The first kappa shape index (κ1) is 13.8. The van der Waals surface area contributed by atoms with Crippen LogP contribution in [0.4, 0.5) is 0 Å². The molecule has 0 atom stereocenters. The summed E-state index contributed by atoms with van der Waals surface area (Å²) >= 11 is 5.88. The van der Waals surface area contributed by atoms with Gasteiger partial charge < -0.3 is 9.32 Å². The van der Waals surface area contributed by atoms with E-state index in [2.05, 4.69) is 0 Å². The zero-order chi connectivity index (χ0) is 14.0. The Morgan fingerprint density at radius 1 is 1.32 bits per heavy atom. The molecule has 5 heteroatoms. The standard InChI is InChI=1S/C14H14ClNO3/c1-16(2)6-5-12(17)11-8-9-7-10(15)3-4-13(9)19-14(11)18/h3-4,7-8H,5-6H2,1-2H3. The largest absolute Gasteiger partial charge is 0.422 e. The normalized spacial score (nSPS) is 11.2. The molecule has 0 N–H and O–H groups in total. The summed E-state index contributed by atoms with van der Waals surface area (Å²) in [5.41, 5.74) is -0.0891. The van der Waals surface area contributed by atoms with Gasteiger partial charge in [-0.2, -0.15) is 0 Å². The lowest BCUT2D eigenvalue weighted by atomic mass is 10.1. The maximum absolute atomic E-state index is 12.0. The number of benzene rings is 1. The zero-order valence-electron chi connectivity index (χ0n) is 10.8. The van der Waals surface area contributed by atoms with E-state index < -0.39 is 5.63 Å². The van der Waals surface area contributed by atoms with Gasteiger partial charge in [-0.1, -0.05) is 11.6 Å². The first-order valence-electron chi connectivity index (χ1n) is 5.89. The number of fused-ring (bicyclic) bond motifs is 1. The lowest BCUT2D eigenvalue weighted by Gasteiger charge is -2.08. The lowest BCUT2D eigenvalue weighted by Crippen LogP contribution is -2.20. The van der Waals surface area contributed by atoms with Gasteiger partial charge in [0.25, 0.3) is 0 Å². The Kier molecular flexibility index (Phi) is 4.02. The van der Waals surface area contributed by atoms with Crippen LogP contribution < -0.4 is 5.63 Å². The highest BCUT2D eigenvalue weighted by molar-refractivity contribution is 6.31. The molecule has 2 rings (SSSR count). The highest BCUT2D eigenvalue weighted by Crippen LogP contribution is 2.19. The van der Waals surface area contributed by atoms with Crippen LogP contribution >= 0.6 is 11.6 Å². The molecular weight excluding hydrogens is 266 g/mol. The summed E-state index contributed by atoms with van der Waals surface area (Å²) in [6, 6.07) is 6.47. The number of rotatable bonds is 4. The predicted octanol–water partition coefficient (Wildman–Crippen LogP) is 2.58. The van der Waals surface area contributed by atoms with Crippen LogP contribution in [-0.4, -0.2) is 31.3 Å². The fraction of sp³-hybridized carbons (Fsp3) is 0.286. The minimum Gasteiger partial charge on any atom is -0.422 e. The number of Topliss-reactive ketones (excluding diaryl/α,β-unsaturated/α-hetero) is 1. The van der Waals surface area contributed by atoms with Crippen LogP contribution in [0.1, 0.15) is 16.8 Å². The molecule has 19 heavy (non-hydrogen) atoms. The van der Waals surface area contributed by atoms with E-state index in [9.17, 15) is 9.59 Å². The van der Waals surface area contributed by atoms with Crippen molar-refractivity contribution >= 4 is 28.4 Å². The first-order chi connectivity index (χ1) is 8.97. The van der Waals surface area contributed by atoms with Gasteiger partial charge in [-0.25, -0.2) is 4.79 Å². The van der Waals surface area contributed by atoms with Crippen LogP contribution in [0.15, 0.2) is 33.5 Å². The smallest absolute Gasteiger partial charge is 0.347 e. The van der Waals surface area contributed by atoms with Gasteiger partial charge in [0.2, 0.25) is 0 Å². The molecule has 0 radical (unpaired) electrons. The number of nitrogens with zero attached hydrogens (tertiary/aromatic N) is 1. The van der Waals surface area contributed by atoms with Crippen LogP contribution in [0.3, 0.4) is 0 Å². The van der Waals surface area contributed by atoms with Crippen molar-refractivity contribution < 1.29 is 9.21 Å². The highest BCUT2D eigenvalue weighted by Gasteiger charge is 2.13. The van der Waals surface area contributed by atoms with E-state index in [1.807, 2.05) is 19.0 Å². The van der Waals surface area contributed by atoms with Crippen molar-refractivity contribution in [2.24, 2.45) is 0 Å². The van der Waals surface area contributed by atoms with Crippen molar-refractivity contribution in [1.29, 1.82) is 0 Å². The van der Waals surface area contributed by atoms with E-state index in [1.165, 1.54) is 0 Å². The van der Waals surface area contributed by atoms with Crippen LogP contribution in [0.5, 0.6) is 0 Å². The van der Waals surface area contributed by atoms with Crippen molar-refractivity contribution in [3.63, 3.8) is 0 Å². The van der Waals surface area contributed by atoms with Crippen molar-refractivity contribution in [1.82, 2.24) is 4.90 Å². The summed E-state index contributed by atoms with van der Waals surface area (Å²) in [5.74, 6) is -0.218. The molecule has 0 spiro atoms. The monoisotopic (exact) mass is 279 g/mol. The van der Waals surface area contributed by atoms with E-state index in [4.69, 9.17) is 16.0 Å². The average Bonchev–Trinajstić information content (AvgIpc) is 2.35. The van der Waals surface area contributed by atoms with E-state index in [1.54, 1.807) is 24.3 Å². The summed E-state index contributed by atoms with van der Waals surface area (Å²) in [4.78, 5) is 25.6. The molecule has 100 valence electrons. The quantitative estimate of drug-likeness (QED) is 0.638. The van der Waals surface area contributed by atoms with Gasteiger partial charge in [-0.15, -0.1) is 0 Å². The molecule has 4 nitrogen and oxygen atoms in total. The molecule has 1 aromatic carbocycles. The van der Waals surface area contributed by atoms with Gasteiger partial charge in [0.15, 0.2) is 5.78 Å². The number of carbonyl (C=O) groups excluding carboxylic acids is 1. The molecule has 1 aromatic heterocycles. The molecule has 0 saturated heterocycles. The maximum Gasteiger partial charge on any atom is 0.347 e. The van der Waals surface area contributed by atoms with Gasteiger partial charge >= 0.3 is 5.63 Å². The Morgan fingerprint density at radius 2 is 2.05 bits per heavy atom. The van der Waals surface area contributed by atoms with Crippen molar-refractivity contribution in [3.8, 4) is 0 Å². The molecule has 0 aliphatic heterocycles. The second kappa shape index (κ2) is 5.55. The number of ketones is 1. The minimum atomic E-state index is -0.599. The Balaban J connectivity index is 2.40. The fourth-order valence-corrected chi connectivity index (χ4v) is 1.93. The summed E-state index contributed by atoms with van der Waals surface area (Å²) < 4.78 is 5.13. The van der Waals surface area contributed by atoms with Crippen LogP contribution in [0.25, 0.3) is 11.0 Å². The second-order valence-electron chi connectivity index (χ2n) is 4.61. The van der Waals surface area contributed by atoms with E-state index in [-0.39, 0.29) is 17.8 Å². The Labute approximate surface area is 115 Å². The number of hydrogen-bond donors (Lipinski definition) is 0. The zero-order valence-corrected chi connectivity index (χ0v) is 11.5. The van der Waals surface area contributed by atoms with E-state index >= 15 is 0 Å². The number of carbonyl (C=O) groups is 1. The molecule has 0 aliphatic carbocycles. The first-order valence-corrected chi connectivity index (χ1v) is 6.26. The maximum atomic E-state index is 12.0. The number of halogens is 1. The molecule has 0 bridgehead atoms. The van der Waals surface area contributed by atoms with Crippen LogP contribution in [-0.2, 0) is 0 Å². The SMILES string of the molecule is CN(C)CCC(=O)c1cc2cc(Cl)ccc2oc1=O. The molecule has 0 saturated carbocycles. The summed E-state index contributed by atoms with van der Waals surface area (Å²) in [6.07, 6.45) is 0.282.